The zero-order chi connectivity index (χ0) is 24.2. The average Bonchev–Trinajstić information content (AvgIpc) is 3.19. The van der Waals surface area contributed by atoms with Gasteiger partial charge in [0, 0.05) is 19.0 Å². The van der Waals surface area contributed by atoms with Gasteiger partial charge in [-0.05, 0) is 53.9 Å². The van der Waals surface area contributed by atoms with Crippen molar-refractivity contribution in [2.24, 2.45) is 11.3 Å². The van der Waals surface area contributed by atoms with Crippen molar-refractivity contribution in [3.63, 3.8) is 0 Å². The molecule has 2 unspecified atom stereocenters. The number of hydrogen-bond donors (Lipinski definition) is 2. The van der Waals surface area contributed by atoms with E-state index >= 15 is 0 Å². The molecule has 7 heteroatoms. The van der Waals surface area contributed by atoms with Crippen molar-refractivity contribution >= 4 is 18.0 Å². The molecule has 182 valence electrons. The third kappa shape index (κ3) is 3.68. The predicted octanol–water partition coefficient (Wildman–Crippen LogP) is 4.16. The Labute approximate surface area is 204 Å². The van der Waals surface area contributed by atoms with E-state index in [1.54, 1.807) is 4.90 Å². The third-order valence-electron chi connectivity index (χ3n) is 8.70. The van der Waals surface area contributed by atoms with E-state index in [4.69, 9.17) is 4.74 Å². The summed E-state index contributed by atoms with van der Waals surface area (Å²) < 4.78 is 5.68. The monoisotopic (exact) mass is 474 g/mol. The number of likely N-dealkylation sites (tertiary alicyclic amines) is 1. The molecule has 6 rings (SSSR count). The van der Waals surface area contributed by atoms with Gasteiger partial charge in [0.15, 0.2) is 0 Å². The van der Waals surface area contributed by atoms with Crippen LogP contribution in [0.25, 0.3) is 11.1 Å². The second-order valence-corrected chi connectivity index (χ2v) is 10.7. The summed E-state index contributed by atoms with van der Waals surface area (Å²) in [6.45, 7) is 1.03. The molecule has 4 aliphatic rings. The molecule has 0 spiro atoms. The average molecular weight is 475 g/mol. The minimum atomic E-state index is -0.785. The van der Waals surface area contributed by atoms with E-state index in [2.05, 4.69) is 29.6 Å². The number of rotatable bonds is 6. The Bertz CT molecular complexity index is 1160. The first-order chi connectivity index (χ1) is 16.9. The summed E-state index contributed by atoms with van der Waals surface area (Å²) in [5, 5.41) is 12.7. The SMILES string of the molecule is O=C(NC1(CC(=O)N2CC3CCCC3(C(=O)O)C2)CC1)OCC1c2ccccc2-c2ccccc21. The van der Waals surface area contributed by atoms with Crippen molar-refractivity contribution in [1.82, 2.24) is 10.2 Å². The first-order valence-electron chi connectivity index (χ1n) is 12.6. The van der Waals surface area contributed by atoms with E-state index in [9.17, 15) is 19.5 Å². The lowest BCUT2D eigenvalue weighted by Crippen LogP contribution is -2.43. The van der Waals surface area contributed by atoms with E-state index in [-0.39, 0.29) is 37.3 Å². The molecule has 2 amide bonds. The molecule has 2 N–H and O–H groups in total. The largest absolute Gasteiger partial charge is 0.481 e. The van der Waals surface area contributed by atoms with Crippen LogP contribution >= 0.6 is 0 Å². The molecule has 2 atom stereocenters. The number of carbonyl (C=O) groups is 3. The smallest absolute Gasteiger partial charge is 0.407 e. The Balaban J connectivity index is 1.07. The molecule has 1 saturated heterocycles. The molecule has 1 heterocycles. The number of nitrogens with one attached hydrogen (secondary N) is 1. The highest BCUT2D eigenvalue weighted by Crippen LogP contribution is 2.50. The van der Waals surface area contributed by atoms with Crippen LogP contribution in [0.4, 0.5) is 4.79 Å². The predicted molar refractivity (Wildman–Crippen MR) is 129 cm³/mol. The second kappa shape index (κ2) is 8.11. The molecule has 2 aromatic rings. The number of nitrogens with zero attached hydrogens (tertiary/aromatic N) is 1. The summed E-state index contributed by atoms with van der Waals surface area (Å²) in [5.41, 5.74) is 3.31. The first-order valence-corrected chi connectivity index (χ1v) is 12.6. The van der Waals surface area contributed by atoms with Crippen LogP contribution in [0.5, 0.6) is 0 Å². The first kappa shape index (κ1) is 22.1. The molecule has 2 aromatic carbocycles. The number of fused-ring (bicyclic) bond motifs is 4. The Kier molecular flexibility index (Phi) is 5.13. The maximum absolute atomic E-state index is 13.1. The van der Waals surface area contributed by atoms with Gasteiger partial charge >= 0.3 is 12.1 Å². The van der Waals surface area contributed by atoms with Crippen LogP contribution in [-0.4, -0.2) is 53.2 Å². The van der Waals surface area contributed by atoms with Gasteiger partial charge in [0.1, 0.15) is 6.61 Å². The third-order valence-corrected chi connectivity index (χ3v) is 8.70. The topological polar surface area (TPSA) is 95.9 Å². The molecule has 2 saturated carbocycles. The van der Waals surface area contributed by atoms with Crippen LogP contribution < -0.4 is 5.32 Å². The molecule has 0 radical (unpaired) electrons. The Morgan fingerprint density at radius 3 is 2.26 bits per heavy atom. The van der Waals surface area contributed by atoms with E-state index < -0.39 is 23.0 Å². The van der Waals surface area contributed by atoms with Crippen molar-refractivity contribution in [3.8, 4) is 11.1 Å². The van der Waals surface area contributed by atoms with E-state index in [0.29, 0.717) is 13.0 Å². The van der Waals surface area contributed by atoms with Crippen molar-refractivity contribution in [2.45, 2.75) is 50.0 Å². The lowest BCUT2D eigenvalue weighted by atomic mass is 9.81. The lowest BCUT2D eigenvalue weighted by molar-refractivity contribution is -0.149. The molecule has 35 heavy (non-hydrogen) atoms. The normalized spacial score (nSPS) is 25.5. The summed E-state index contributed by atoms with van der Waals surface area (Å²) >= 11 is 0. The van der Waals surface area contributed by atoms with Crippen LogP contribution in [0.3, 0.4) is 0 Å². The van der Waals surface area contributed by atoms with Gasteiger partial charge in [-0.2, -0.15) is 0 Å². The van der Waals surface area contributed by atoms with E-state index in [0.717, 1.165) is 36.8 Å². The Morgan fingerprint density at radius 2 is 1.66 bits per heavy atom. The van der Waals surface area contributed by atoms with Gasteiger partial charge in [0.05, 0.1) is 17.4 Å². The van der Waals surface area contributed by atoms with Crippen molar-refractivity contribution in [3.05, 3.63) is 59.7 Å². The van der Waals surface area contributed by atoms with E-state index in [1.807, 2.05) is 24.3 Å². The van der Waals surface area contributed by atoms with Crippen LogP contribution in [0.15, 0.2) is 48.5 Å². The number of carboxylic acid groups (broad SMARTS) is 1. The van der Waals surface area contributed by atoms with Gasteiger partial charge in [-0.1, -0.05) is 55.0 Å². The number of carbonyl (C=O) groups excluding carboxylic acids is 2. The Hall–Kier alpha value is -3.35. The van der Waals surface area contributed by atoms with Crippen LogP contribution in [0.1, 0.15) is 55.6 Å². The van der Waals surface area contributed by atoms with Crippen molar-refractivity contribution in [2.75, 3.05) is 19.7 Å². The Morgan fingerprint density at radius 1 is 1.00 bits per heavy atom. The standard InChI is InChI=1S/C28H30N2O5/c31-24(30-15-18-6-5-11-28(18,17-30)25(32)33)14-27(12-13-27)29-26(34)35-16-23-21-9-3-1-7-19(21)20-8-2-4-10-22(20)23/h1-4,7-10,18,23H,5-6,11-17H2,(H,29,34)(H,32,33). The number of amides is 2. The summed E-state index contributed by atoms with van der Waals surface area (Å²) in [6.07, 6.45) is 3.55. The van der Waals surface area contributed by atoms with Gasteiger partial charge in [-0.25, -0.2) is 4.79 Å². The summed E-state index contributed by atoms with van der Waals surface area (Å²) in [6, 6.07) is 16.4. The van der Waals surface area contributed by atoms with Gasteiger partial charge in [-0.3, -0.25) is 9.59 Å². The number of ether oxygens (including phenoxy) is 1. The molecule has 0 bridgehead atoms. The molecule has 0 aromatic heterocycles. The fraction of sp³-hybridized carbons (Fsp3) is 0.464. The van der Waals surface area contributed by atoms with E-state index in [1.165, 1.54) is 11.1 Å². The highest BCUT2D eigenvalue weighted by Gasteiger charge is 2.57. The lowest BCUT2D eigenvalue weighted by Gasteiger charge is -2.25. The number of aliphatic carboxylic acids is 1. The fourth-order valence-electron chi connectivity index (χ4n) is 6.58. The second-order valence-electron chi connectivity index (χ2n) is 10.7. The fourth-order valence-corrected chi connectivity index (χ4v) is 6.58. The van der Waals surface area contributed by atoms with Gasteiger partial charge < -0.3 is 20.1 Å². The minimum absolute atomic E-state index is 0.0128. The number of hydrogen-bond acceptors (Lipinski definition) is 4. The highest BCUT2D eigenvalue weighted by molar-refractivity contribution is 5.83. The minimum Gasteiger partial charge on any atom is -0.481 e. The molecular weight excluding hydrogens is 444 g/mol. The zero-order valence-electron chi connectivity index (χ0n) is 19.7. The van der Waals surface area contributed by atoms with Crippen LogP contribution in [-0.2, 0) is 14.3 Å². The van der Waals surface area contributed by atoms with Crippen molar-refractivity contribution in [1.29, 1.82) is 0 Å². The molecule has 3 aliphatic carbocycles. The summed E-state index contributed by atoms with van der Waals surface area (Å²) in [7, 11) is 0. The van der Waals surface area contributed by atoms with Gasteiger partial charge in [-0.15, -0.1) is 0 Å². The van der Waals surface area contributed by atoms with Crippen LogP contribution in [0, 0.1) is 11.3 Å². The van der Waals surface area contributed by atoms with Gasteiger partial charge in [0.2, 0.25) is 5.91 Å². The van der Waals surface area contributed by atoms with Crippen molar-refractivity contribution < 1.29 is 24.2 Å². The summed E-state index contributed by atoms with van der Waals surface area (Å²) in [5.74, 6) is -0.833. The maximum atomic E-state index is 13.1. The number of benzene rings is 2. The summed E-state index contributed by atoms with van der Waals surface area (Å²) in [4.78, 5) is 39.5. The molecular formula is C28H30N2O5. The zero-order valence-corrected chi connectivity index (χ0v) is 19.7. The quantitative estimate of drug-likeness (QED) is 0.655. The van der Waals surface area contributed by atoms with Crippen LogP contribution in [0.2, 0.25) is 0 Å². The number of carboxylic acids is 1. The van der Waals surface area contributed by atoms with Gasteiger partial charge in [0.25, 0.3) is 0 Å². The number of alkyl carbamates (subject to hydrolysis) is 1. The molecule has 1 aliphatic heterocycles. The highest BCUT2D eigenvalue weighted by atomic mass is 16.5. The molecule has 3 fully saturated rings. The maximum Gasteiger partial charge on any atom is 0.407 e. The molecule has 7 nitrogen and oxygen atoms in total.